The molecule has 5 fully saturated rings. The molecule has 0 aromatic heterocycles. The highest BCUT2D eigenvalue weighted by Gasteiger charge is 2.70. The Morgan fingerprint density at radius 3 is 2.18 bits per heavy atom. The Balaban J connectivity index is 1.49. The maximum Gasteiger partial charge on any atom is 0.337 e. The third kappa shape index (κ3) is 4.17. The van der Waals surface area contributed by atoms with Crippen molar-refractivity contribution >= 4 is 11.8 Å². The Morgan fingerprint density at radius 1 is 1.09 bits per heavy atom. The number of rotatable bonds is 12. The molecule has 2 unspecified atom stereocenters. The molecule has 0 aliphatic heterocycles. The fraction of sp³-hybridized carbons (Fsp3) is 0.931. The summed E-state index contributed by atoms with van der Waals surface area (Å²) < 4.78 is 6.11. The molecule has 4 atom stereocenters. The highest BCUT2D eigenvalue weighted by molar-refractivity contribution is 5.83. The summed E-state index contributed by atoms with van der Waals surface area (Å²) in [5.74, 6) is 1.88. The Hall–Kier alpha value is -0.940. The van der Waals surface area contributed by atoms with Crippen LogP contribution in [-0.2, 0) is 14.3 Å². The molecule has 5 aliphatic carbocycles. The molecule has 4 bridgehead atoms. The lowest BCUT2D eigenvalue weighted by molar-refractivity contribution is -0.259. The highest BCUT2D eigenvalue weighted by atomic mass is 16.5. The van der Waals surface area contributed by atoms with Crippen molar-refractivity contribution in [3.63, 3.8) is 0 Å². The summed E-state index contributed by atoms with van der Waals surface area (Å²) in [7, 11) is 1.55. The Bertz CT molecular complexity index is 722. The number of hydrogen-bond acceptors (Lipinski definition) is 4. The molecule has 194 valence electrons. The van der Waals surface area contributed by atoms with Crippen LogP contribution in [0.2, 0.25) is 0 Å². The molecule has 5 aliphatic rings. The Morgan fingerprint density at radius 2 is 1.68 bits per heavy atom. The van der Waals surface area contributed by atoms with Crippen molar-refractivity contribution in [2.45, 2.75) is 122 Å². The molecule has 0 aromatic rings. The first-order chi connectivity index (χ1) is 16.1. The van der Waals surface area contributed by atoms with Crippen molar-refractivity contribution in [1.82, 2.24) is 0 Å². The smallest absolute Gasteiger partial charge is 0.337 e. The van der Waals surface area contributed by atoms with Crippen LogP contribution in [-0.4, -0.2) is 40.8 Å². The second kappa shape index (κ2) is 9.84. The van der Waals surface area contributed by atoms with Crippen LogP contribution in [0.4, 0.5) is 0 Å². The van der Waals surface area contributed by atoms with Gasteiger partial charge in [0.2, 0.25) is 0 Å². The number of aliphatic hydroxyl groups is 1. The minimum absolute atomic E-state index is 0.122. The molecule has 2 N–H and O–H groups in total. The molecular formula is C29H48O5. The van der Waals surface area contributed by atoms with Gasteiger partial charge in [0.1, 0.15) is 5.78 Å². The van der Waals surface area contributed by atoms with Gasteiger partial charge in [-0.3, -0.25) is 4.79 Å². The molecule has 0 radical (unpaired) electrons. The van der Waals surface area contributed by atoms with E-state index in [4.69, 9.17) is 4.74 Å². The highest BCUT2D eigenvalue weighted by Crippen LogP contribution is 2.67. The number of ketones is 1. The number of carboxylic acid groups (broad SMARTS) is 1. The predicted molar refractivity (Wildman–Crippen MR) is 132 cm³/mol. The van der Waals surface area contributed by atoms with E-state index in [9.17, 15) is 19.8 Å². The van der Waals surface area contributed by atoms with E-state index in [0.29, 0.717) is 42.3 Å². The number of carbonyl (C=O) groups is 2. The van der Waals surface area contributed by atoms with Crippen LogP contribution in [0.15, 0.2) is 0 Å². The second-order valence-corrected chi connectivity index (χ2v) is 13.1. The second-order valence-electron chi connectivity index (χ2n) is 13.1. The zero-order valence-electron chi connectivity index (χ0n) is 22.0. The number of aliphatic hydroxyl groups excluding tert-OH is 1. The van der Waals surface area contributed by atoms with Gasteiger partial charge in [0, 0.05) is 30.3 Å². The van der Waals surface area contributed by atoms with Crippen LogP contribution in [0.1, 0.15) is 111 Å². The summed E-state index contributed by atoms with van der Waals surface area (Å²) in [5.41, 5.74) is -2.73. The Kier molecular flexibility index (Phi) is 7.56. The average Bonchev–Trinajstić information content (AvgIpc) is 3.10. The van der Waals surface area contributed by atoms with Gasteiger partial charge >= 0.3 is 5.97 Å². The molecule has 5 nitrogen and oxygen atoms in total. The minimum atomic E-state index is -1.40. The van der Waals surface area contributed by atoms with Gasteiger partial charge in [-0.15, -0.1) is 0 Å². The monoisotopic (exact) mass is 476 g/mol. The fourth-order valence-electron chi connectivity index (χ4n) is 9.61. The molecule has 5 rings (SSSR count). The predicted octanol–water partition coefficient (Wildman–Crippen LogP) is 6.02. The summed E-state index contributed by atoms with van der Waals surface area (Å²) in [4.78, 5) is 25.6. The SMILES string of the molecule is CCCC[C@H]1CCC(=O)[C@@H]1CCCC(O)C(C)(C)C(OC)(C(=O)O)C12CC3CC(CC(C3)C1)C2. The number of methoxy groups -OCH3 is 1. The molecule has 0 saturated heterocycles. The lowest BCUT2D eigenvalue weighted by atomic mass is 9.41. The van der Waals surface area contributed by atoms with E-state index in [-0.39, 0.29) is 5.92 Å². The van der Waals surface area contributed by atoms with Crippen molar-refractivity contribution in [3.05, 3.63) is 0 Å². The fourth-order valence-corrected chi connectivity index (χ4v) is 9.61. The number of unbranched alkanes of at least 4 members (excludes halogenated alkanes) is 1. The van der Waals surface area contributed by atoms with E-state index >= 15 is 0 Å². The van der Waals surface area contributed by atoms with Crippen molar-refractivity contribution < 1.29 is 24.5 Å². The van der Waals surface area contributed by atoms with E-state index < -0.39 is 28.5 Å². The van der Waals surface area contributed by atoms with E-state index in [0.717, 1.165) is 51.4 Å². The van der Waals surface area contributed by atoms with Gasteiger partial charge in [-0.2, -0.15) is 0 Å². The van der Waals surface area contributed by atoms with Gasteiger partial charge in [0.15, 0.2) is 5.60 Å². The number of Topliss-reactive ketones (excluding diaryl/α,β-unsaturated/α-hetero) is 1. The number of carboxylic acids is 1. The van der Waals surface area contributed by atoms with Crippen molar-refractivity contribution in [2.75, 3.05) is 7.11 Å². The number of aliphatic carboxylic acids is 1. The summed E-state index contributed by atoms with van der Waals surface area (Å²) >= 11 is 0. The van der Waals surface area contributed by atoms with Gasteiger partial charge in [0.05, 0.1) is 6.10 Å². The van der Waals surface area contributed by atoms with Gasteiger partial charge < -0.3 is 14.9 Å². The Labute approximate surface area is 206 Å². The minimum Gasteiger partial charge on any atom is -0.479 e. The van der Waals surface area contributed by atoms with Crippen LogP contribution in [0.5, 0.6) is 0 Å². The molecule has 5 saturated carbocycles. The normalized spacial score (nSPS) is 37.7. The zero-order valence-corrected chi connectivity index (χ0v) is 22.0. The van der Waals surface area contributed by atoms with E-state index in [1.165, 1.54) is 25.7 Å². The van der Waals surface area contributed by atoms with Gasteiger partial charge in [0.25, 0.3) is 0 Å². The summed E-state index contributed by atoms with van der Waals surface area (Å²) in [6.07, 6.45) is 12.9. The van der Waals surface area contributed by atoms with Gasteiger partial charge in [-0.1, -0.05) is 40.0 Å². The summed E-state index contributed by atoms with van der Waals surface area (Å²) in [5, 5.41) is 22.3. The molecular weight excluding hydrogens is 428 g/mol. The maximum absolute atomic E-state index is 13.1. The third-order valence-electron chi connectivity index (χ3n) is 10.8. The van der Waals surface area contributed by atoms with Crippen LogP contribution < -0.4 is 0 Å². The lowest BCUT2D eigenvalue weighted by Gasteiger charge is -2.65. The van der Waals surface area contributed by atoms with Crippen LogP contribution in [0.25, 0.3) is 0 Å². The quantitative estimate of drug-likeness (QED) is 0.360. The van der Waals surface area contributed by atoms with Crippen molar-refractivity contribution in [3.8, 4) is 0 Å². The summed E-state index contributed by atoms with van der Waals surface area (Å²) in [6.45, 7) is 6.02. The first kappa shape index (κ1) is 26.1. The number of ether oxygens (including phenoxy) is 1. The number of hydrogen-bond donors (Lipinski definition) is 2. The first-order valence-electron chi connectivity index (χ1n) is 14.1. The topological polar surface area (TPSA) is 83.8 Å². The first-order valence-corrected chi connectivity index (χ1v) is 14.1. The van der Waals surface area contributed by atoms with Crippen molar-refractivity contribution in [1.29, 1.82) is 0 Å². The van der Waals surface area contributed by atoms with Gasteiger partial charge in [-0.05, 0) is 87.9 Å². The average molecular weight is 477 g/mol. The molecule has 5 heteroatoms. The number of carbonyl (C=O) groups excluding carboxylic acids is 1. The standard InChI is InChI=1S/C29H48O5/c1-5-6-8-22-11-12-24(30)23(22)9-7-10-25(31)27(2,3)29(34-4,26(32)33)28-16-19-13-20(17-28)15-21(14-19)18-28/h19-23,25,31H,5-18H2,1-4H3,(H,32,33)/t19?,20?,21?,22-,23+,25?,28?,29?/m0/s1. The van der Waals surface area contributed by atoms with Gasteiger partial charge in [-0.25, -0.2) is 4.79 Å². The van der Waals surface area contributed by atoms with Crippen LogP contribution in [0.3, 0.4) is 0 Å². The molecule has 34 heavy (non-hydrogen) atoms. The van der Waals surface area contributed by atoms with Crippen molar-refractivity contribution in [2.24, 2.45) is 40.4 Å². The molecule has 0 spiro atoms. The molecule has 0 amide bonds. The molecule has 0 aromatic carbocycles. The third-order valence-corrected chi connectivity index (χ3v) is 10.8. The summed E-state index contributed by atoms with van der Waals surface area (Å²) in [6, 6.07) is 0. The van der Waals surface area contributed by atoms with E-state index in [2.05, 4.69) is 6.92 Å². The lowest BCUT2D eigenvalue weighted by Crippen LogP contribution is -2.70. The van der Waals surface area contributed by atoms with E-state index in [1.807, 2.05) is 13.8 Å². The zero-order chi connectivity index (χ0) is 24.7. The van der Waals surface area contributed by atoms with Crippen LogP contribution >= 0.6 is 0 Å². The van der Waals surface area contributed by atoms with E-state index in [1.54, 1.807) is 7.11 Å². The maximum atomic E-state index is 13.1. The molecule has 0 heterocycles. The largest absolute Gasteiger partial charge is 0.479 e. The van der Waals surface area contributed by atoms with Crippen LogP contribution in [0, 0.1) is 40.4 Å².